The molecule has 2 heterocycles. The summed E-state index contributed by atoms with van der Waals surface area (Å²) >= 11 is 0. The highest BCUT2D eigenvalue weighted by Crippen LogP contribution is 2.32. The van der Waals surface area contributed by atoms with E-state index in [-0.39, 0.29) is 0 Å². The van der Waals surface area contributed by atoms with E-state index in [0.717, 1.165) is 28.0 Å². The van der Waals surface area contributed by atoms with E-state index in [0.29, 0.717) is 24.5 Å². The average molecular weight is 314 g/mol. The van der Waals surface area contributed by atoms with Crippen LogP contribution in [0.3, 0.4) is 0 Å². The molecule has 3 aromatic rings. The molecule has 0 aliphatic carbocycles. The Labute approximate surface area is 133 Å². The molecule has 0 atom stereocenters. The number of aromatic nitrogens is 5. The maximum Gasteiger partial charge on any atom is 0.176 e. The summed E-state index contributed by atoms with van der Waals surface area (Å²) in [6.45, 7) is 2.70. The fourth-order valence-electron chi connectivity index (χ4n) is 2.39. The number of nitrogens with one attached hydrogen (secondary N) is 2. The molecule has 3 rings (SSSR count). The van der Waals surface area contributed by atoms with E-state index in [1.54, 1.807) is 14.2 Å². The third kappa shape index (κ3) is 3.15. The first kappa shape index (κ1) is 15.0. The molecular formula is C15H18N6O2. The van der Waals surface area contributed by atoms with Crippen LogP contribution in [-0.4, -0.2) is 46.4 Å². The number of rotatable bonds is 6. The molecule has 0 fully saturated rings. The summed E-state index contributed by atoms with van der Waals surface area (Å²) in [5, 5.41) is 18.1. The molecule has 23 heavy (non-hydrogen) atoms. The predicted molar refractivity (Wildman–Crippen MR) is 86.0 cm³/mol. The Balaban J connectivity index is 1.87. The van der Waals surface area contributed by atoms with Gasteiger partial charge in [0, 0.05) is 24.4 Å². The van der Waals surface area contributed by atoms with Gasteiger partial charge in [0.1, 0.15) is 22.8 Å². The van der Waals surface area contributed by atoms with Gasteiger partial charge in [0.15, 0.2) is 5.82 Å². The van der Waals surface area contributed by atoms with Gasteiger partial charge in [-0.05, 0) is 24.6 Å². The van der Waals surface area contributed by atoms with Gasteiger partial charge in [0.2, 0.25) is 0 Å². The van der Waals surface area contributed by atoms with Crippen molar-refractivity contribution in [3.8, 4) is 11.5 Å². The summed E-state index contributed by atoms with van der Waals surface area (Å²) in [6, 6.07) is 5.79. The van der Waals surface area contributed by atoms with Crippen molar-refractivity contribution >= 4 is 16.7 Å². The van der Waals surface area contributed by atoms with Crippen LogP contribution in [-0.2, 0) is 6.42 Å². The molecule has 2 aromatic heterocycles. The normalized spacial score (nSPS) is 10.7. The molecule has 0 spiro atoms. The predicted octanol–water partition coefficient (Wildman–Crippen LogP) is 1.73. The van der Waals surface area contributed by atoms with Crippen molar-refractivity contribution in [2.75, 3.05) is 26.1 Å². The lowest BCUT2D eigenvalue weighted by atomic mass is 10.1. The summed E-state index contributed by atoms with van der Waals surface area (Å²) < 4.78 is 10.8. The zero-order chi connectivity index (χ0) is 16.2. The second kappa shape index (κ2) is 6.47. The number of pyridine rings is 1. The largest absolute Gasteiger partial charge is 0.497 e. The molecule has 1 aromatic carbocycles. The fourth-order valence-corrected chi connectivity index (χ4v) is 2.39. The van der Waals surface area contributed by atoms with Gasteiger partial charge < -0.3 is 14.8 Å². The number of anilines is 1. The van der Waals surface area contributed by atoms with Crippen molar-refractivity contribution in [3.05, 3.63) is 29.6 Å². The van der Waals surface area contributed by atoms with Gasteiger partial charge in [0.05, 0.1) is 14.2 Å². The molecule has 0 aliphatic heterocycles. The Bertz CT molecular complexity index is 803. The number of H-pyrrole nitrogens is 1. The van der Waals surface area contributed by atoms with Crippen LogP contribution in [0.2, 0.25) is 0 Å². The van der Waals surface area contributed by atoms with Gasteiger partial charge in [-0.1, -0.05) is 5.21 Å². The molecule has 0 amide bonds. The van der Waals surface area contributed by atoms with Crippen molar-refractivity contribution < 1.29 is 9.47 Å². The lowest BCUT2D eigenvalue weighted by Gasteiger charge is -2.12. The molecule has 2 N–H and O–H groups in total. The van der Waals surface area contributed by atoms with Crippen LogP contribution in [0.4, 0.5) is 5.82 Å². The van der Waals surface area contributed by atoms with Crippen molar-refractivity contribution in [3.63, 3.8) is 0 Å². The zero-order valence-corrected chi connectivity index (χ0v) is 13.3. The number of nitrogens with zero attached hydrogens (tertiary/aromatic N) is 4. The molecule has 0 bridgehead atoms. The van der Waals surface area contributed by atoms with Crippen LogP contribution in [0.15, 0.2) is 18.2 Å². The van der Waals surface area contributed by atoms with E-state index in [4.69, 9.17) is 9.47 Å². The Morgan fingerprint density at radius 2 is 2.04 bits per heavy atom. The SMILES string of the molecule is COc1cc(OC)c2nc(NCCc3nn[nH]n3)cc(C)c2c1. The molecule has 8 heteroatoms. The minimum atomic E-state index is 0.662. The third-order valence-corrected chi connectivity index (χ3v) is 3.56. The van der Waals surface area contributed by atoms with E-state index >= 15 is 0 Å². The molecule has 0 aliphatic rings. The standard InChI is InChI=1S/C15H18N6O2/c1-9-6-14(16-5-4-13-18-20-21-19-13)17-15-11(9)7-10(22-2)8-12(15)23-3/h6-8H,4-5H2,1-3H3,(H,16,17)(H,18,19,20,21). The first-order chi connectivity index (χ1) is 11.2. The van der Waals surface area contributed by atoms with Crippen LogP contribution >= 0.6 is 0 Å². The number of hydrogen-bond acceptors (Lipinski definition) is 7. The fraction of sp³-hybridized carbons (Fsp3) is 0.333. The molecule has 0 radical (unpaired) electrons. The second-order valence-corrected chi connectivity index (χ2v) is 5.06. The van der Waals surface area contributed by atoms with Gasteiger partial charge in [-0.15, -0.1) is 10.2 Å². The first-order valence-electron chi connectivity index (χ1n) is 7.21. The molecule has 8 nitrogen and oxygen atoms in total. The summed E-state index contributed by atoms with van der Waals surface area (Å²) in [4.78, 5) is 4.65. The van der Waals surface area contributed by atoms with E-state index in [2.05, 4.69) is 30.9 Å². The maximum atomic E-state index is 5.44. The van der Waals surface area contributed by atoms with Crippen LogP contribution in [0.1, 0.15) is 11.4 Å². The van der Waals surface area contributed by atoms with Crippen molar-refractivity contribution in [1.29, 1.82) is 0 Å². The smallest absolute Gasteiger partial charge is 0.176 e. The molecule has 0 saturated carbocycles. The van der Waals surface area contributed by atoms with Gasteiger partial charge in [-0.25, -0.2) is 4.98 Å². The van der Waals surface area contributed by atoms with E-state index < -0.39 is 0 Å². The van der Waals surface area contributed by atoms with Gasteiger partial charge in [-0.2, -0.15) is 5.21 Å². The van der Waals surface area contributed by atoms with E-state index in [9.17, 15) is 0 Å². The Morgan fingerprint density at radius 1 is 1.17 bits per heavy atom. The van der Waals surface area contributed by atoms with Crippen molar-refractivity contribution in [2.24, 2.45) is 0 Å². The number of benzene rings is 1. The topological polar surface area (TPSA) is 97.8 Å². The lowest BCUT2D eigenvalue weighted by Crippen LogP contribution is -2.08. The maximum absolute atomic E-state index is 5.44. The first-order valence-corrected chi connectivity index (χ1v) is 7.21. The minimum absolute atomic E-state index is 0.662. The lowest BCUT2D eigenvalue weighted by molar-refractivity contribution is 0.397. The number of aryl methyl sites for hydroxylation is 1. The number of aromatic amines is 1. The summed E-state index contributed by atoms with van der Waals surface area (Å²) in [7, 11) is 3.26. The average Bonchev–Trinajstić information content (AvgIpc) is 3.07. The van der Waals surface area contributed by atoms with Crippen molar-refractivity contribution in [1.82, 2.24) is 25.6 Å². The number of tetrazole rings is 1. The zero-order valence-electron chi connectivity index (χ0n) is 13.3. The Morgan fingerprint density at radius 3 is 2.74 bits per heavy atom. The summed E-state index contributed by atoms with van der Waals surface area (Å²) in [5.74, 6) is 2.88. The monoisotopic (exact) mass is 314 g/mol. The summed E-state index contributed by atoms with van der Waals surface area (Å²) in [5.41, 5.74) is 1.89. The highest BCUT2D eigenvalue weighted by molar-refractivity contribution is 5.90. The second-order valence-electron chi connectivity index (χ2n) is 5.06. The van der Waals surface area contributed by atoms with E-state index in [1.807, 2.05) is 25.1 Å². The Kier molecular flexibility index (Phi) is 4.22. The van der Waals surface area contributed by atoms with E-state index in [1.165, 1.54) is 0 Å². The molecule has 120 valence electrons. The number of hydrogen-bond donors (Lipinski definition) is 2. The number of fused-ring (bicyclic) bond motifs is 1. The minimum Gasteiger partial charge on any atom is -0.497 e. The van der Waals surface area contributed by atoms with Crippen LogP contribution in [0.25, 0.3) is 10.9 Å². The number of methoxy groups -OCH3 is 2. The van der Waals surface area contributed by atoms with Crippen LogP contribution < -0.4 is 14.8 Å². The molecule has 0 saturated heterocycles. The molecule has 0 unspecified atom stereocenters. The Hall–Kier alpha value is -2.90. The van der Waals surface area contributed by atoms with Gasteiger partial charge in [0.25, 0.3) is 0 Å². The van der Waals surface area contributed by atoms with Gasteiger partial charge >= 0.3 is 0 Å². The highest BCUT2D eigenvalue weighted by Gasteiger charge is 2.11. The number of ether oxygens (including phenoxy) is 2. The van der Waals surface area contributed by atoms with Gasteiger partial charge in [-0.3, -0.25) is 0 Å². The quantitative estimate of drug-likeness (QED) is 0.715. The van der Waals surface area contributed by atoms with Crippen LogP contribution in [0.5, 0.6) is 11.5 Å². The highest BCUT2D eigenvalue weighted by atomic mass is 16.5. The van der Waals surface area contributed by atoms with Crippen LogP contribution in [0, 0.1) is 6.92 Å². The summed E-state index contributed by atoms with van der Waals surface area (Å²) in [6.07, 6.45) is 0.662. The third-order valence-electron chi connectivity index (χ3n) is 3.56. The van der Waals surface area contributed by atoms with Crippen molar-refractivity contribution in [2.45, 2.75) is 13.3 Å². The molecular weight excluding hydrogens is 296 g/mol.